The third-order valence-corrected chi connectivity index (χ3v) is 10.8. The largest absolute Gasteiger partial charge is 0.392 e. The summed E-state index contributed by atoms with van der Waals surface area (Å²) in [4.78, 5) is 2.73. The SMILES string of the molecule is COC[C@@H]1CCCN1C[C@@H]1O[C@H](c2cccc(-c3cccc(CNS(=O)(=O)c4ccccc4)c3)c2)O[C@H](c2ccc(CO)cc2)[C@@H]1C. The van der Waals surface area contributed by atoms with Gasteiger partial charge in [-0.3, -0.25) is 4.90 Å². The maximum Gasteiger partial charge on any atom is 0.240 e. The molecule has 2 aliphatic heterocycles. The monoisotopic (exact) mass is 656 g/mol. The van der Waals surface area contributed by atoms with Crippen molar-refractivity contribution in [2.24, 2.45) is 5.92 Å². The molecule has 2 aliphatic rings. The molecule has 47 heavy (non-hydrogen) atoms. The fourth-order valence-corrected chi connectivity index (χ4v) is 7.70. The summed E-state index contributed by atoms with van der Waals surface area (Å²) in [6.45, 7) is 4.90. The van der Waals surface area contributed by atoms with Gasteiger partial charge in [0.05, 0.1) is 30.3 Å². The van der Waals surface area contributed by atoms with Crippen LogP contribution in [0.5, 0.6) is 0 Å². The number of aliphatic hydroxyl groups is 1. The van der Waals surface area contributed by atoms with Crippen LogP contribution in [0, 0.1) is 5.92 Å². The molecule has 8 nitrogen and oxygen atoms in total. The van der Waals surface area contributed by atoms with Gasteiger partial charge < -0.3 is 19.3 Å². The van der Waals surface area contributed by atoms with Crippen molar-refractivity contribution < 1.29 is 27.7 Å². The average molecular weight is 657 g/mol. The lowest BCUT2D eigenvalue weighted by molar-refractivity contribution is -0.276. The Morgan fingerprint density at radius 2 is 1.62 bits per heavy atom. The van der Waals surface area contributed by atoms with Gasteiger partial charge in [0.1, 0.15) is 0 Å². The van der Waals surface area contributed by atoms with E-state index in [0.29, 0.717) is 12.6 Å². The van der Waals surface area contributed by atoms with Crippen molar-refractivity contribution in [3.8, 4) is 11.1 Å². The lowest BCUT2D eigenvalue weighted by Gasteiger charge is -2.43. The molecule has 5 atom stereocenters. The van der Waals surface area contributed by atoms with E-state index in [2.05, 4.69) is 22.6 Å². The Bertz CT molecular complexity index is 1720. The highest BCUT2D eigenvalue weighted by atomic mass is 32.2. The van der Waals surface area contributed by atoms with Crippen LogP contribution in [0.2, 0.25) is 0 Å². The number of ether oxygens (including phenoxy) is 3. The van der Waals surface area contributed by atoms with Crippen molar-refractivity contribution >= 4 is 10.0 Å². The van der Waals surface area contributed by atoms with Crippen molar-refractivity contribution in [3.05, 3.63) is 125 Å². The maximum absolute atomic E-state index is 12.8. The number of hydrogen-bond donors (Lipinski definition) is 2. The fourth-order valence-electron chi connectivity index (χ4n) is 6.66. The molecule has 248 valence electrons. The topological polar surface area (TPSA) is 97.3 Å². The summed E-state index contributed by atoms with van der Waals surface area (Å²) >= 11 is 0. The highest BCUT2D eigenvalue weighted by molar-refractivity contribution is 7.89. The van der Waals surface area contributed by atoms with Crippen LogP contribution in [0.15, 0.2) is 108 Å². The third-order valence-electron chi connectivity index (χ3n) is 9.33. The molecule has 2 fully saturated rings. The Hall–Kier alpha value is -3.41. The summed E-state index contributed by atoms with van der Waals surface area (Å²) in [6.07, 6.45) is 1.42. The second-order valence-electron chi connectivity index (χ2n) is 12.5. The molecule has 4 aromatic rings. The van der Waals surface area contributed by atoms with Gasteiger partial charge in [0, 0.05) is 37.7 Å². The Morgan fingerprint density at radius 3 is 2.36 bits per heavy atom. The number of aliphatic hydroxyl groups excluding tert-OH is 1. The molecule has 0 aromatic heterocycles. The van der Waals surface area contributed by atoms with E-state index < -0.39 is 16.3 Å². The zero-order valence-corrected chi connectivity index (χ0v) is 27.8. The molecule has 2 saturated heterocycles. The fraction of sp³-hybridized carbons (Fsp3) is 0.368. The van der Waals surface area contributed by atoms with Gasteiger partial charge in [0.15, 0.2) is 6.29 Å². The van der Waals surface area contributed by atoms with Crippen LogP contribution in [-0.2, 0) is 37.4 Å². The van der Waals surface area contributed by atoms with E-state index >= 15 is 0 Å². The summed E-state index contributed by atoms with van der Waals surface area (Å²) < 4.78 is 47.4. The summed E-state index contributed by atoms with van der Waals surface area (Å²) in [5.74, 6) is 0.0922. The van der Waals surface area contributed by atoms with E-state index in [4.69, 9.17) is 14.2 Å². The average Bonchev–Trinajstić information content (AvgIpc) is 3.55. The smallest absolute Gasteiger partial charge is 0.240 e. The first-order valence-electron chi connectivity index (χ1n) is 16.3. The minimum Gasteiger partial charge on any atom is -0.392 e. The number of likely N-dealkylation sites (tertiary alicyclic amines) is 1. The number of hydrogen-bond acceptors (Lipinski definition) is 7. The van der Waals surface area contributed by atoms with Crippen molar-refractivity contribution in [3.63, 3.8) is 0 Å². The molecule has 0 amide bonds. The minimum absolute atomic E-state index is 0.00153. The van der Waals surface area contributed by atoms with Gasteiger partial charge >= 0.3 is 0 Å². The standard InChI is InChI=1S/C38H44N2O6S/c1-27-36(24-40-20-8-13-34(40)26-44-2)45-38(46-37(27)30-18-16-28(25-41)17-19-30)33-12-7-11-32(22-33)31-10-6-9-29(21-31)23-39-47(42,43)35-14-4-3-5-15-35/h3-7,9-12,14-19,21-22,27,34,36-39,41H,8,13,20,23-26H2,1-2H3/t27-,34+,36+,37+,38+/m1/s1. The number of nitrogens with zero attached hydrogens (tertiary/aromatic N) is 1. The first-order chi connectivity index (χ1) is 22.8. The summed E-state index contributed by atoms with van der Waals surface area (Å²) in [6, 6.07) is 32.9. The predicted molar refractivity (Wildman–Crippen MR) is 182 cm³/mol. The molecular formula is C38H44N2O6S. The second-order valence-corrected chi connectivity index (χ2v) is 14.3. The minimum atomic E-state index is -3.62. The van der Waals surface area contributed by atoms with Crippen LogP contribution in [0.25, 0.3) is 11.1 Å². The van der Waals surface area contributed by atoms with E-state index in [0.717, 1.165) is 59.3 Å². The maximum atomic E-state index is 12.8. The molecular weight excluding hydrogens is 612 g/mol. The predicted octanol–water partition coefficient (Wildman–Crippen LogP) is 6.23. The zero-order chi connectivity index (χ0) is 32.8. The number of methoxy groups -OCH3 is 1. The van der Waals surface area contributed by atoms with Crippen LogP contribution < -0.4 is 4.72 Å². The van der Waals surface area contributed by atoms with Gasteiger partial charge in [-0.2, -0.15) is 0 Å². The van der Waals surface area contributed by atoms with E-state index in [1.807, 2.05) is 66.7 Å². The molecule has 0 aliphatic carbocycles. The van der Waals surface area contributed by atoms with Crippen molar-refractivity contribution in [2.75, 3.05) is 26.8 Å². The van der Waals surface area contributed by atoms with Gasteiger partial charge in [-0.15, -0.1) is 0 Å². The van der Waals surface area contributed by atoms with Gasteiger partial charge in [0.25, 0.3) is 0 Å². The normalized spacial score (nSPS) is 23.6. The van der Waals surface area contributed by atoms with Crippen LogP contribution in [0.3, 0.4) is 0 Å². The zero-order valence-electron chi connectivity index (χ0n) is 27.0. The van der Waals surface area contributed by atoms with Crippen molar-refractivity contribution in [1.29, 1.82) is 0 Å². The van der Waals surface area contributed by atoms with E-state index in [1.165, 1.54) is 0 Å². The summed E-state index contributed by atoms with van der Waals surface area (Å²) in [5, 5.41) is 9.60. The molecule has 0 spiro atoms. The van der Waals surface area contributed by atoms with Crippen LogP contribution >= 0.6 is 0 Å². The molecule has 2 heterocycles. The molecule has 0 saturated carbocycles. The Morgan fingerprint density at radius 1 is 0.872 bits per heavy atom. The molecule has 0 unspecified atom stereocenters. The number of sulfonamides is 1. The molecule has 0 bridgehead atoms. The molecule has 2 N–H and O–H groups in total. The van der Waals surface area contributed by atoms with Crippen LogP contribution in [0.1, 0.15) is 54.4 Å². The lowest BCUT2D eigenvalue weighted by atomic mass is 9.89. The lowest BCUT2D eigenvalue weighted by Crippen LogP contribution is -2.46. The van der Waals surface area contributed by atoms with Gasteiger partial charge in [-0.05, 0) is 71.5 Å². The van der Waals surface area contributed by atoms with Crippen LogP contribution in [-0.4, -0.2) is 57.4 Å². The van der Waals surface area contributed by atoms with Gasteiger partial charge in [-0.1, -0.05) is 85.8 Å². The molecule has 9 heteroatoms. The second kappa shape index (κ2) is 15.2. The highest BCUT2D eigenvalue weighted by Gasteiger charge is 2.40. The highest BCUT2D eigenvalue weighted by Crippen LogP contribution is 2.43. The first kappa shape index (κ1) is 33.5. The van der Waals surface area contributed by atoms with Crippen LogP contribution in [0.4, 0.5) is 0 Å². The van der Waals surface area contributed by atoms with E-state index in [9.17, 15) is 13.5 Å². The third kappa shape index (κ3) is 8.01. The van der Waals surface area contributed by atoms with Gasteiger partial charge in [0.2, 0.25) is 10.0 Å². The molecule has 0 radical (unpaired) electrons. The van der Waals surface area contributed by atoms with E-state index in [1.54, 1.807) is 37.4 Å². The van der Waals surface area contributed by atoms with E-state index in [-0.39, 0.29) is 36.2 Å². The number of benzene rings is 4. The number of nitrogens with one attached hydrogen (secondary N) is 1. The molecule has 4 aromatic carbocycles. The summed E-state index contributed by atoms with van der Waals surface area (Å²) in [7, 11) is -1.86. The Kier molecular flexibility index (Phi) is 10.8. The number of rotatable bonds is 12. The van der Waals surface area contributed by atoms with Gasteiger partial charge in [-0.25, -0.2) is 13.1 Å². The quantitative estimate of drug-likeness (QED) is 0.187. The summed E-state index contributed by atoms with van der Waals surface area (Å²) in [5.41, 5.74) is 5.66. The molecule has 6 rings (SSSR count). The Balaban J connectivity index is 1.24. The van der Waals surface area contributed by atoms with Crippen molar-refractivity contribution in [2.45, 2.75) is 62.4 Å². The first-order valence-corrected chi connectivity index (χ1v) is 17.8. The van der Waals surface area contributed by atoms with Crippen molar-refractivity contribution in [1.82, 2.24) is 9.62 Å². The Labute approximate surface area is 278 Å².